The van der Waals surface area contributed by atoms with Gasteiger partial charge in [0.1, 0.15) is 0 Å². The maximum absolute atomic E-state index is 13.7. The summed E-state index contributed by atoms with van der Waals surface area (Å²) >= 11 is 0. The van der Waals surface area contributed by atoms with Gasteiger partial charge in [-0.25, -0.2) is 9.37 Å². The lowest BCUT2D eigenvalue weighted by molar-refractivity contribution is 0.142. The summed E-state index contributed by atoms with van der Waals surface area (Å²) in [5.41, 5.74) is 0.399. The Morgan fingerprint density at radius 3 is 2.67 bits per heavy atom. The summed E-state index contributed by atoms with van der Waals surface area (Å²) < 4.78 is 13.7. The standard InChI is InChI=1S/C14H20FN3/c1-17-8-4-14(5-9-17)6-10-18(11-14)13-12(15)3-2-7-16-13/h2-3,7H,4-6,8-11H2,1H3. The van der Waals surface area contributed by atoms with E-state index in [2.05, 4.69) is 21.8 Å². The van der Waals surface area contributed by atoms with Crippen molar-refractivity contribution in [1.29, 1.82) is 0 Å². The van der Waals surface area contributed by atoms with Crippen molar-refractivity contribution in [2.75, 3.05) is 38.1 Å². The lowest BCUT2D eigenvalue weighted by Crippen LogP contribution is -2.39. The van der Waals surface area contributed by atoms with E-state index in [0.717, 1.165) is 13.1 Å². The number of pyridine rings is 1. The molecule has 3 nitrogen and oxygen atoms in total. The van der Waals surface area contributed by atoms with Gasteiger partial charge >= 0.3 is 0 Å². The van der Waals surface area contributed by atoms with Crippen LogP contribution in [0.4, 0.5) is 10.2 Å². The zero-order valence-electron chi connectivity index (χ0n) is 10.9. The van der Waals surface area contributed by atoms with Gasteiger partial charge in [0.15, 0.2) is 11.6 Å². The molecule has 18 heavy (non-hydrogen) atoms. The second kappa shape index (κ2) is 4.50. The van der Waals surface area contributed by atoms with Crippen LogP contribution in [-0.4, -0.2) is 43.1 Å². The topological polar surface area (TPSA) is 19.4 Å². The van der Waals surface area contributed by atoms with Gasteiger partial charge in [0.2, 0.25) is 0 Å². The highest BCUT2D eigenvalue weighted by molar-refractivity contribution is 5.41. The van der Waals surface area contributed by atoms with Gasteiger partial charge in [0, 0.05) is 19.3 Å². The minimum atomic E-state index is -0.192. The Hall–Kier alpha value is -1.16. The summed E-state index contributed by atoms with van der Waals surface area (Å²) in [5.74, 6) is 0.343. The van der Waals surface area contributed by atoms with Gasteiger partial charge in [-0.2, -0.15) is 0 Å². The van der Waals surface area contributed by atoms with E-state index < -0.39 is 0 Å². The highest BCUT2D eigenvalue weighted by Gasteiger charge is 2.40. The number of aromatic nitrogens is 1. The molecule has 0 aliphatic carbocycles. The second-order valence-electron chi connectivity index (χ2n) is 5.78. The Balaban J connectivity index is 1.74. The molecule has 0 radical (unpaired) electrons. The van der Waals surface area contributed by atoms with E-state index >= 15 is 0 Å². The maximum Gasteiger partial charge on any atom is 0.165 e. The van der Waals surface area contributed by atoms with E-state index in [9.17, 15) is 4.39 Å². The van der Waals surface area contributed by atoms with Crippen LogP contribution in [0, 0.1) is 11.2 Å². The molecule has 0 atom stereocenters. The highest BCUT2D eigenvalue weighted by Crippen LogP contribution is 2.41. The number of anilines is 1. The Labute approximate surface area is 108 Å². The van der Waals surface area contributed by atoms with Crippen LogP contribution in [0.15, 0.2) is 18.3 Å². The molecule has 3 heterocycles. The minimum Gasteiger partial charge on any atom is -0.354 e. The Morgan fingerprint density at radius 1 is 1.22 bits per heavy atom. The smallest absolute Gasteiger partial charge is 0.165 e. The van der Waals surface area contributed by atoms with Crippen LogP contribution >= 0.6 is 0 Å². The first-order chi connectivity index (χ1) is 8.69. The Kier molecular flexibility index (Phi) is 2.98. The predicted molar refractivity (Wildman–Crippen MR) is 70.2 cm³/mol. The van der Waals surface area contributed by atoms with Crippen LogP contribution in [0.5, 0.6) is 0 Å². The van der Waals surface area contributed by atoms with Crippen LogP contribution in [-0.2, 0) is 0 Å². The van der Waals surface area contributed by atoms with Crippen molar-refractivity contribution >= 4 is 5.82 Å². The molecule has 1 aromatic rings. The average Bonchev–Trinajstić information content (AvgIpc) is 2.78. The molecule has 0 saturated carbocycles. The van der Waals surface area contributed by atoms with Gasteiger partial charge in [-0.1, -0.05) is 0 Å². The maximum atomic E-state index is 13.7. The van der Waals surface area contributed by atoms with Gasteiger partial charge < -0.3 is 9.80 Å². The summed E-state index contributed by atoms with van der Waals surface area (Å²) in [6.45, 7) is 4.24. The molecule has 3 rings (SSSR count). The molecule has 2 saturated heterocycles. The zero-order chi connectivity index (χ0) is 12.6. The summed E-state index contributed by atoms with van der Waals surface area (Å²) in [4.78, 5) is 8.70. The van der Waals surface area contributed by atoms with Gasteiger partial charge in [-0.3, -0.25) is 0 Å². The van der Waals surface area contributed by atoms with Crippen molar-refractivity contribution in [2.45, 2.75) is 19.3 Å². The fraction of sp³-hybridized carbons (Fsp3) is 0.643. The van der Waals surface area contributed by atoms with Crippen molar-refractivity contribution in [3.05, 3.63) is 24.1 Å². The Morgan fingerprint density at radius 2 is 1.94 bits per heavy atom. The van der Waals surface area contributed by atoms with Gasteiger partial charge in [-0.15, -0.1) is 0 Å². The van der Waals surface area contributed by atoms with Crippen molar-refractivity contribution < 1.29 is 4.39 Å². The van der Waals surface area contributed by atoms with Crippen LogP contribution in [0.25, 0.3) is 0 Å². The summed E-state index contributed by atoms with van der Waals surface area (Å²) in [6.07, 6.45) is 5.32. The fourth-order valence-corrected chi connectivity index (χ4v) is 3.23. The number of piperidine rings is 1. The van der Waals surface area contributed by atoms with Crippen LogP contribution in [0.2, 0.25) is 0 Å². The molecule has 1 aromatic heterocycles. The molecule has 0 unspecified atom stereocenters. The largest absolute Gasteiger partial charge is 0.354 e. The molecule has 2 aliphatic heterocycles. The van der Waals surface area contributed by atoms with Gasteiger partial charge in [0.05, 0.1) is 0 Å². The monoisotopic (exact) mass is 249 g/mol. The first kappa shape index (κ1) is 11.9. The van der Waals surface area contributed by atoms with Crippen molar-refractivity contribution in [2.24, 2.45) is 5.41 Å². The predicted octanol–water partition coefficient (Wildman–Crippen LogP) is 2.14. The van der Waals surface area contributed by atoms with Crippen LogP contribution in [0.1, 0.15) is 19.3 Å². The molecule has 0 N–H and O–H groups in total. The number of likely N-dealkylation sites (tertiary alicyclic amines) is 1. The van der Waals surface area contributed by atoms with Crippen molar-refractivity contribution in [1.82, 2.24) is 9.88 Å². The molecule has 2 aliphatic rings. The van der Waals surface area contributed by atoms with E-state index in [1.165, 1.54) is 38.4 Å². The molecule has 98 valence electrons. The lowest BCUT2D eigenvalue weighted by atomic mass is 9.78. The molecule has 0 amide bonds. The third-order valence-electron chi connectivity index (χ3n) is 4.52. The minimum absolute atomic E-state index is 0.192. The molecule has 0 aromatic carbocycles. The fourth-order valence-electron chi connectivity index (χ4n) is 3.23. The second-order valence-corrected chi connectivity index (χ2v) is 5.78. The number of halogens is 1. The number of hydrogen-bond donors (Lipinski definition) is 0. The number of rotatable bonds is 1. The zero-order valence-corrected chi connectivity index (χ0v) is 10.9. The first-order valence-electron chi connectivity index (χ1n) is 6.73. The summed E-state index contributed by atoms with van der Waals surface area (Å²) in [7, 11) is 2.18. The molecule has 4 heteroatoms. The third-order valence-corrected chi connectivity index (χ3v) is 4.52. The quantitative estimate of drug-likeness (QED) is 0.760. The molecule has 0 bridgehead atoms. The summed E-state index contributed by atoms with van der Waals surface area (Å²) in [5, 5.41) is 0. The number of nitrogens with zero attached hydrogens (tertiary/aromatic N) is 3. The third kappa shape index (κ3) is 2.09. The van der Waals surface area contributed by atoms with Crippen LogP contribution in [0.3, 0.4) is 0 Å². The van der Waals surface area contributed by atoms with E-state index in [4.69, 9.17) is 0 Å². The van der Waals surface area contributed by atoms with E-state index in [1.54, 1.807) is 12.3 Å². The molecule has 1 spiro atoms. The average molecular weight is 249 g/mol. The van der Waals surface area contributed by atoms with E-state index in [-0.39, 0.29) is 5.82 Å². The SMILES string of the molecule is CN1CCC2(CC1)CCN(c1ncccc1F)C2. The lowest BCUT2D eigenvalue weighted by Gasteiger charge is -2.37. The van der Waals surface area contributed by atoms with E-state index in [1.807, 2.05) is 0 Å². The molecular formula is C14H20FN3. The Bertz CT molecular complexity index is 427. The van der Waals surface area contributed by atoms with Crippen molar-refractivity contribution in [3.8, 4) is 0 Å². The van der Waals surface area contributed by atoms with Gasteiger partial charge in [-0.05, 0) is 56.9 Å². The number of hydrogen-bond acceptors (Lipinski definition) is 3. The first-order valence-corrected chi connectivity index (χ1v) is 6.73. The molecular weight excluding hydrogens is 229 g/mol. The highest BCUT2D eigenvalue weighted by atomic mass is 19.1. The van der Waals surface area contributed by atoms with Crippen LogP contribution < -0.4 is 4.90 Å². The molecule has 2 fully saturated rings. The van der Waals surface area contributed by atoms with Gasteiger partial charge in [0.25, 0.3) is 0 Å². The summed E-state index contributed by atoms with van der Waals surface area (Å²) in [6, 6.07) is 3.15. The van der Waals surface area contributed by atoms with Crippen molar-refractivity contribution in [3.63, 3.8) is 0 Å². The normalized spacial score (nSPS) is 23.8. The van der Waals surface area contributed by atoms with E-state index in [0.29, 0.717) is 11.2 Å².